The van der Waals surface area contributed by atoms with Crippen molar-refractivity contribution in [3.8, 4) is 0 Å². The Labute approximate surface area is 157 Å². The molecule has 0 saturated heterocycles. The van der Waals surface area contributed by atoms with Crippen LogP contribution in [0.15, 0.2) is 12.2 Å². The van der Waals surface area contributed by atoms with E-state index < -0.39 is 5.41 Å². The van der Waals surface area contributed by atoms with Crippen molar-refractivity contribution < 1.29 is 14.7 Å². The maximum Gasteiger partial charge on any atom is 0.172 e. The average molecular weight is 359 g/mol. The molecule has 1 N–H and O–H groups in total. The van der Waals surface area contributed by atoms with Gasteiger partial charge in [-0.25, -0.2) is 0 Å². The smallest absolute Gasteiger partial charge is 0.172 e. The lowest BCUT2D eigenvalue weighted by atomic mass is 9.33. The monoisotopic (exact) mass is 358 g/mol. The molecule has 5 rings (SSSR count). The fourth-order valence-electron chi connectivity index (χ4n) is 8.19. The maximum atomic E-state index is 13.8. The first-order valence-corrected chi connectivity index (χ1v) is 10.7. The first kappa shape index (κ1) is 18.4. The van der Waals surface area contributed by atoms with Gasteiger partial charge in [-0.05, 0) is 72.7 Å². The Balaban J connectivity index is 1.94. The van der Waals surface area contributed by atoms with Gasteiger partial charge in [-0.3, -0.25) is 9.59 Å². The minimum atomic E-state index is -0.877. The molecule has 3 nitrogen and oxygen atoms in total. The van der Waals surface area contributed by atoms with Crippen LogP contribution >= 0.6 is 0 Å². The van der Waals surface area contributed by atoms with E-state index in [-0.39, 0.29) is 52.7 Å². The van der Waals surface area contributed by atoms with Crippen molar-refractivity contribution in [1.82, 2.24) is 0 Å². The molecule has 5 fully saturated rings. The molecule has 1 spiro atoms. The minimum absolute atomic E-state index is 0.0132. The fourth-order valence-corrected chi connectivity index (χ4v) is 8.19. The second-order valence-electron chi connectivity index (χ2n) is 9.93. The number of ketones is 2. The summed E-state index contributed by atoms with van der Waals surface area (Å²) < 4.78 is 0. The van der Waals surface area contributed by atoms with E-state index in [0.717, 1.165) is 38.5 Å². The number of hydrogen-bond acceptors (Lipinski definition) is 3. The van der Waals surface area contributed by atoms with E-state index >= 15 is 0 Å². The van der Waals surface area contributed by atoms with Crippen LogP contribution in [0.5, 0.6) is 0 Å². The lowest BCUT2D eigenvalue weighted by molar-refractivity contribution is -0.207. The lowest BCUT2D eigenvalue weighted by Crippen LogP contribution is -2.70. The predicted molar refractivity (Wildman–Crippen MR) is 101 cm³/mol. The minimum Gasteiger partial charge on any atom is -0.396 e. The molecule has 0 aromatic rings. The van der Waals surface area contributed by atoms with Gasteiger partial charge < -0.3 is 5.11 Å². The zero-order chi connectivity index (χ0) is 18.9. The van der Waals surface area contributed by atoms with E-state index in [9.17, 15) is 14.7 Å². The molecule has 0 radical (unpaired) electrons. The number of carbonyl (C=O) groups is 2. The van der Waals surface area contributed by atoms with E-state index in [1.165, 1.54) is 6.42 Å². The maximum absolute atomic E-state index is 13.8. The largest absolute Gasteiger partial charge is 0.396 e. The van der Waals surface area contributed by atoms with E-state index in [4.69, 9.17) is 0 Å². The number of Topliss-reactive ketones (excluding diaryl/α,β-unsaturated/α-hetero) is 2. The number of allylic oxidation sites excluding steroid dienone is 1. The molecule has 4 unspecified atom stereocenters. The van der Waals surface area contributed by atoms with Gasteiger partial charge in [0.1, 0.15) is 0 Å². The van der Waals surface area contributed by atoms with Crippen LogP contribution in [0.25, 0.3) is 0 Å². The summed E-state index contributed by atoms with van der Waals surface area (Å²) in [4.78, 5) is 27.2. The van der Waals surface area contributed by atoms with Gasteiger partial charge in [0.25, 0.3) is 0 Å². The number of hydrogen-bond donors (Lipinski definition) is 1. The molecule has 0 aliphatic heterocycles. The molecule has 0 aromatic heterocycles. The van der Waals surface area contributed by atoms with Crippen molar-refractivity contribution >= 4 is 11.6 Å². The molecule has 0 aromatic carbocycles. The summed E-state index contributed by atoms with van der Waals surface area (Å²) in [7, 11) is 0. The third-order valence-electron chi connectivity index (χ3n) is 9.49. The van der Waals surface area contributed by atoms with Gasteiger partial charge >= 0.3 is 0 Å². The quantitative estimate of drug-likeness (QED) is 0.603. The standard InChI is InChI=1S/C23H34O3/c1-5-21(4)9-7-10-22(6-2)17-12-15-8-11-23(17,19(25)14(15)3)20(26)16(13-24)18(21)22/h15-18,24H,3,5-13H2,1-2,4H3/t15-,16?,17?,18?,21+,22-,23?/m0/s1. The summed E-state index contributed by atoms with van der Waals surface area (Å²) in [5, 5.41) is 10.3. The normalized spacial score (nSPS) is 50.5. The second kappa shape index (κ2) is 5.77. The van der Waals surface area contributed by atoms with Crippen molar-refractivity contribution in [3.05, 3.63) is 12.2 Å². The Bertz CT molecular complexity index is 666. The molecule has 7 atom stereocenters. The van der Waals surface area contributed by atoms with Crippen LogP contribution in [-0.2, 0) is 9.59 Å². The number of fused-ring (bicyclic) bond motifs is 3. The van der Waals surface area contributed by atoms with Crippen molar-refractivity contribution in [2.24, 2.45) is 39.9 Å². The van der Waals surface area contributed by atoms with Crippen molar-refractivity contribution in [1.29, 1.82) is 0 Å². The molecule has 26 heavy (non-hydrogen) atoms. The van der Waals surface area contributed by atoms with Crippen molar-refractivity contribution in [2.45, 2.75) is 72.1 Å². The van der Waals surface area contributed by atoms with E-state index in [1.807, 2.05) is 0 Å². The Kier molecular flexibility index (Phi) is 4.08. The molecule has 5 aliphatic carbocycles. The van der Waals surface area contributed by atoms with Crippen LogP contribution in [-0.4, -0.2) is 23.3 Å². The SMILES string of the molecule is C=C1C(=O)C23CC[C@H]1CC2[C@]1(CC)CCC[C@@](C)(CC)C1C(CO)C3=O. The van der Waals surface area contributed by atoms with Crippen LogP contribution < -0.4 is 0 Å². The average Bonchev–Trinajstić information content (AvgIpc) is 2.66. The summed E-state index contributed by atoms with van der Waals surface area (Å²) >= 11 is 0. The fraction of sp³-hybridized carbons (Fsp3) is 0.826. The first-order valence-electron chi connectivity index (χ1n) is 10.7. The molecule has 5 aliphatic rings. The molecule has 0 amide bonds. The van der Waals surface area contributed by atoms with E-state index in [2.05, 4.69) is 27.4 Å². The first-order chi connectivity index (χ1) is 12.3. The highest BCUT2D eigenvalue weighted by molar-refractivity contribution is 6.17. The van der Waals surface area contributed by atoms with Crippen LogP contribution in [0.2, 0.25) is 0 Å². The van der Waals surface area contributed by atoms with Gasteiger partial charge in [-0.15, -0.1) is 0 Å². The second-order valence-corrected chi connectivity index (χ2v) is 9.93. The number of aliphatic hydroxyl groups excluding tert-OH is 1. The Morgan fingerprint density at radius 1 is 1.15 bits per heavy atom. The predicted octanol–water partition coefficient (Wildman–Crippen LogP) is 4.33. The van der Waals surface area contributed by atoms with Gasteiger partial charge in [-0.1, -0.05) is 40.2 Å². The molecule has 3 heteroatoms. The summed E-state index contributed by atoms with van der Waals surface area (Å²) in [5.41, 5.74) is -0.0939. The van der Waals surface area contributed by atoms with Crippen LogP contribution in [0.3, 0.4) is 0 Å². The summed E-state index contributed by atoms with van der Waals surface area (Å²) in [6.45, 7) is 10.8. The zero-order valence-electron chi connectivity index (χ0n) is 16.6. The summed E-state index contributed by atoms with van der Waals surface area (Å²) in [5.74, 6) is 0.332. The molecule has 144 valence electrons. The third-order valence-corrected chi connectivity index (χ3v) is 9.49. The highest BCUT2D eigenvalue weighted by Crippen LogP contribution is 2.72. The van der Waals surface area contributed by atoms with Gasteiger partial charge in [0, 0.05) is 5.92 Å². The van der Waals surface area contributed by atoms with E-state index in [0.29, 0.717) is 12.0 Å². The van der Waals surface area contributed by atoms with Crippen LogP contribution in [0.4, 0.5) is 0 Å². The summed E-state index contributed by atoms with van der Waals surface area (Å²) in [6, 6.07) is 0. The molecule has 0 heterocycles. The molecule has 2 bridgehead atoms. The van der Waals surface area contributed by atoms with Gasteiger partial charge in [0.15, 0.2) is 11.6 Å². The summed E-state index contributed by atoms with van der Waals surface area (Å²) in [6.07, 6.45) is 8.01. The van der Waals surface area contributed by atoms with Gasteiger partial charge in [-0.2, -0.15) is 0 Å². The highest BCUT2D eigenvalue weighted by atomic mass is 16.3. The number of aliphatic hydroxyl groups is 1. The van der Waals surface area contributed by atoms with E-state index in [1.54, 1.807) is 0 Å². The molecular weight excluding hydrogens is 324 g/mol. The van der Waals surface area contributed by atoms with Crippen LogP contribution in [0.1, 0.15) is 72.1 Å². The van der Waals surface area contributed by atoms with Gasteiger partial charge in [0.2, 0.25) is 0 Å². The highest BCUT2D eigenvalue weighted by Gasteiger charge is 2.73. The zero-order valence-corrected chi connectivity index (χ0v) is 16.6. The third kappa shape index (κ3) is 1.89. The number of rotatable bonds is 3. The van der Waals surface area contributed by atoms with Crippen LogP contribution in [0, 0.1) is 39.9 Å². The topological polar surface area (TPSA) is 54.4 Å². The lowest BCUT2D eigenvalue weighted by Gasteiger charge is -2.69. The Morgan fingerprint density at radius 2 is 1.88 bits per heavy atom. The van der Waals surface area contributed by atoms with Crippen molar-refractivity contribution in [3.63, 3.8) is 0 Å². The Hall–Kier alpha value is -0.960. The number of carbonyl (C=O) groups excluding carboxylic acids is 2. The van der Waals surface area contributed by atoms with Gasteiger partial charge in [0.05, 0.1) is 12.0 Å². The Morgan fingerprint density at radius 3 is 2.50 bits per heavy atom. The van der Waals surface area contributed by atoms with Crippen molar-refractivity contribution in [2.75, 3.05) is 6.61 Å². The molecule has 5 saturated carbocycles. The molecular formula is C23H34O3.